The van der Waals surface area contributed by atoms with E-state index in [9.17, 15) is 9.90 Å². The van der Waals surface area contributed by atoms with Crippen molar-refractivity contribution >= 4 is 11.6 Å². The molecule has 0 saturated carbocycles. The summed E-state index contributed by atoms with van der Waals surface area (Å²) in [5.74, 6) is 0.607. The highest BCUT2D eigenvalue weighted by Gasteiger charge is 2.30. The van der Waals surface area contributed by atoms with Gasteiger partial charge in [-0.05, 0) is 71.3 Å². The highest BCUT2D eigenvalue weighted by atomic mass is 16.5. The van der Waals surface area contributed by atoms with Crippen LogP contribution in [0.4, 0.5) is 5.69 Å². The van der Waals surface area contributed by atoms with Gasteiger partial charge in [0, 0.05) is 45.4 Å². The quantitative estimate of drug-likeness (QED) is 0.643. The maximum Gasteiger partial charge on any atom is 0.258 e. The summed E-state index contributed by atoms with van der Waals surface area (Å²) in [6, 6.07) is 5.48. The molecule has 0 unspecified atom stereocenters. The minimum atomic E-state index is -0.315. The first-order chi connectivity index (χ1) is 16.2. The molecule has 194 valence electrons. The van der Waals surface area contributed by atoms with Crippen LogP contribution >= 0.6 is 0 Å². The number of likely N-dealkylation sites (N-methyl/N-ethyl adjacent to an activating group) is 1. The summed E-state index contributed by atoms with van der Waals surface area (Å²) in [4.78, 5) is 20.0. The molecule has 1 amide bonds. The maximum atomic E-state index is 13.9. The van der Waals surface area contributed by atoms with E-state index in [1.165, 1.54) is 0 Å². The lowest BCUT2D eigenvalue weighted by Gasteiger charge is -2.36. The molecule has 2 rings (SSSR count). The molecule has 1 heterocycles. The predicted octanol–water partition coefficient (Wildman–Crippen LogP) is 3.89. The number of rotatable bonds is 7. The zero-order valence-electron chi connectivity index (χ0n) is 22.4. The number of carbonyl (C=O) groups excluding carboxylic acids is 1. The van der Waals surface area contributed by atoms with Crippen molar-refractivity contribution < 1.29 is 19.4 Å². The zero-order chi connectivity index (χ0) is 25.3. The average Bonchev–Trinajstić information content (AvgIpc) is 2.80. The summed E-state index contributed by atoms with van der Waals surface area (Å²) in [5, 5.41) is 10.0. The van der Waals surface area contributed by atoms with Crippen molar-refractivity contribution in [1.29, 1.82) is 0 Å². The SMILES string of the molecule is CCCN(C)C[C@H]1OCCCC[C@@H](C)Oc2ccc(N(C)C)cc2C(=O)N([C@H](C)CO)C[C@H]1C. The first-order valence-electron chi connectivity index (χ1n) is 12.9. The fourth-order valence-corrected chi connectivity index (χ4v) is 4.43. The van der Waals surface area contributed by atoms with Crippen LogP contribution in [-0.2, 0) is 4.74 Å². The van der Waals surface area contributed by atoms with E-state index < -0.39 is 0 Å². The smallest absolute Gasteiger partial charge is 0.258 e. The summed E-state index contributed by atoms with van der Waals surface area (Å²) < 4.78 is 12.6. The number of fused-ring (bicyclic) bond motifs is 1. The van der Waals surface area contributed by atoms with Crippen LogP contribution < -0.4 is 9.64 Å². The van der Waals surface area contributed by atoms with Crippen LogP contribution in [0.15, 0.2) is 18.2 Å². The average molecular weight is 478 g/mol. The Morgan fingerprint density at radius 2 is 1.94 bits per heavy atom. The first-order valence-corrected chi connectivity index (χ1v) is 12.9. The predicted molar refractivity (Wildman–Crippen MR) is 139 cm³/mol. The Labute approximate surface area is 207 Å². The van der Waals surface area contributed by atoms with Crippen LogP contribution in [-0.4, -0.2) is 93.1 Å². The van der Waals surface area contributed by atoms with E-state index in [1.807, 2.05) is 44.1 Å². The highest BCUT2D eigenvalue weighted by Crippen LogP contribution is 2.29. The largest absolute Gasteiger partial charge is 0.490 e. The Balaban J connectivity index is 2.45. The van der Waals surface area contributed by atoms with E-state index in [2.05, 4.69) is 32.7 Å². The number of aliphatic hydroxyl groups is 1. The monoisotopic (exact) mass is 477 g/mol. The van der Waals surface area contributed by atoms with Crippen molar-refractivity contribution in [2.24, 2.45) is 5.92 Å². The third kappa shape index (κ3) is 8.14. The number of hydrogen-bond acceptors (Lipinski definition) is 6. The maximum absolute atomic E-state index is 13.9. The minimum absolute atomic E-state index is 0.00572. The van der Waals surface area contributed by atoms with Crippen LogP contribution in [0.1, 0.15) is 63.7 Å². The van der Waals surface area contributed by atoms with Crippen LogP contribution in [0.5, 0.6) is 5.75 Å². The molecule has 34 heavy (non-hydrogen) atoms. The molecule has 0 fully saturated rings. The fraction of sp³-hybridized carbons (Fsp3) is 0.741. The van der Waals surface area contributed by atoms with E-state index >= 15 is 0 Å². The molecular formula is C27H47N3O4. The van der Waals surface area contributed by atoms with Gasteiger partial charge >= 0.3 is 0 Å². The molecule has 4 atom stereocenters. The highest BCUT2D eigenvalue weighted by molar-refractivity contribution is 5.98. The first kappa shape index (κ1) is 28.4. The Bertz CT molecular complexity index is 757. The van der Waals surface area contributed by atoms with Gasteiger partial charge in [0.15, 0.2) is 0 Å². The molecule has 0 radical (unpaired) electrons. The van der Waals surface area contributed by atoms with Crippen molar-refractivity contribution in [3.8, 4) is 5.75 Å². The van der Waals surface area contributed by atoms with E-state index in [1.54, 1.807) is 4.90 Å². The van der Waals surface area contributed by atoms with Crippen molar-refractivity contribution in [2.75, 3.05) is 58.9 Å². The molecule has 0 aromatic heterocycles. The lowest BCUT2D eigenvalue weighted by molar-refractivity contribution is -0.0167. The van der Waals surface area contributed by atoms with Gasteiger partial charge in [0.25, 0.3) is 5.91 Å². The number of hydrogen-bond donors (Lipinski definition) is 1. The topological polar surface area (TPSA) is 65.5 Å². The van der Waals surface area contributed by atoms with Gasteiger partial charge < -0.3 is 29.3 Å². The van der Waals surface area contributed by atoms with Crippen LogP contribution in [0, 0.1) is 5.92 Å². The Kier molecular flexibility index (Phi) is 11.6. The number of ether oxygens (including phenoxy) is 2. The molecule has 0 bridgehead atoms. The molecule has 0 saturated heterocycles. The van der Waals surface area contributed by atoms with Crippen LogP contribution in [0.25, 0.3) is 0 Å². The van der Waals surface area contributed by atoms with Gasteiger partial charge in [-0.25, -0.2) is 0 Å². The molecule has 1 aliphatic rings. The second-order valence-corrected chi connectivity index (χ2v) is 10.1. The molecule has 1 N–H and O–H groups in total. The van der Waals surface area contributed by atoms with Gasteiger partial charge in [-0.15, -0.1) is 0 Å². The van der Waals surface area contributed by atoms with Gasteiger partial charge in [0.05, 0.1) is 30.4 Å². The van der Waals surface area contributed by atoms with Gasteiger partial charge in [-0.1, -0.05) is 13.8 Å². The van der Waals surface area contributed by atoms with Crippen molar-refractivity contribution in [3.05, 3.63) is 23.8 Å². The number of amides is 1. The van der Waals surface area contributed by atoms with Gasteiger partial charge in [-0.2, -0.15) is 0 Å². The van der Waals surface area contributed by atoms with Crippen LogP contribution in [0.3, 0.4) is 0 Å². The summed E-state index contributed by atoms with van der Waals surface area (Å²) in [6.07, 6.45) is 4.00. The van der Waals surface area contributed by atoms with Crippen molar-refractivity contribution in [2.45, 2.75) is 71.6 Å². The van der Waals surface area contributed by atoms with E-state index in [4.69, 9.17) is 9.47 Å². The number of carbonyl (C=O) groups is 1. The van der Waals surface area contributed by atoms with Gasteiger partial charge in [0.2, 0.25) is 0 Å². The zero-order valence-corrected chi connectivity index (χ0v) is 22.4. The Morgan fingerprint density at radius 1 is 1.21 bits per heavy atom. The minimum Gasteiger partial charge on any atom is -0.490 e. The number of aliphatic hydroxyl groups excluding tert-OH is 1. The normalized spacial score (nSPS) is 23.7. The summed E-state index contributed by atoms with van der Waals surface area (Å²) in [7, 11) is 6.05. The number of anilines is 1. The van der Waals surface area contributed by atoms with Crippen molar-refractivity contribution in [3.63, 3.8) is 0 Å². The standard InChI is InChI=1S/C27H47N3O4/c1-8-14-29(7)18-26-20(2)17-30(21(3)19-31)27(32)24-16-23(28(5)6)12-13-25(24)34-22(4)11-9-10-15-33-26/h12-13,16,20-22,26,31H,8-11,14-15,17-19H2,1-7H3/t20-,21-,22-,26-/m1/s1. The summed E-state index contributed by atoms with van der Waals surface area (Å²) in [5.41, 5.74) is 1.49. The second kappa shape index (κ2) is 13.9. The third-order valence-corrected chi connectivity index (χ3v) is 6.65. The summed E-state index contributed by atoms with van der Waals surface area (Å²) >= 11 is 0. The molecule has 1 aromatic rings. The molecule has 1 aromatic carbocycles. The van der Waals surface area contributed by atoms with E-state index in [0.29, 0.717) is 24.5 Å². The van der Waals surface area contributed by atoms with Crippen LogP contribution in [0.2, 0.25) is 0 Å². The molecular weight excluding hydrogens is 430 g/mol. The summed E-state index contributed by atoms with van der Waals surface area (Å²) in [6.45, 7) is 11.2. The Morgan fingerprint density at radius 3 is 2.59 bits per heavy atom. The third-order valence-electron chi connectivity index (χ3n) is 6.65. The van der Waals surface area contributed by atoms with E-state index in [0.717, 1.165) is 44.5 Å². The van der Waals surface area contributed by atoms with Gasteiger partial charge in [0.1, 0.15) is 5.75 Å². The molecule has 0 spiro atoms. The number of nitrogens with zero attached hydrogens (tertiary/aromatic N) is 3. The number of benzene rings is 1. The second-order valence-electron chi connectivity index (χ2n) is 10.1. The lowest BCUT2D eigenvalue weighted by Crippen LogP contribution is -2.47. The lowest BCUT2D eigenvalue weighted by atomic mass is 10.0. The van der Waals surface area contributed by atoms with E-state index in [-0.39, 0.29) is 36.7 Å². The molecule has 7 heteroatoms. The Hall–Kier alpha value is -1.83. The molecule has 7 nitrogen and oxygen atoms in total. The fourth-order valence-electron chi connectivity index (χ4n) is 4.43. The van der Waals surface area contributed by atoms with Gasteiger partial charge in [-0.3, -0.25) is 4.79 Å². The molecule has 1 aliphatic heterocycles. The van der Waals surface area contributed by atoms with Crippen molar-refractivity contribution in [1.82, 2.24) is 9.80 Å². The molecule has 0 aliphatic carbocycles.